The quantitative estimate of drug-likeness (QED) is 0.498. The van der Waals surface area contributed by atoms with Crippen molar-refractivity contribution in [2.24, 2.45) is 0 Å². The maximum absolute atomic E-state index is 12.8. The molecule has 0 saturated carbocycles. The predicted octanol–water partition coefficient (Wildman–Crippen LogP) is 0.411. The van der Waals surface area contributed by atoms with E-state index in [2.05, 4.69) is 10.0 Å². The van der Waals surface area contributed by atoms with E-state index in [1.54, 1.807) is 0 Å². The number of esters is 1. The summed E-state index contributed by atoms with van der Waals surface area (Å²) in [6, 6.07) is 10.9. The van der Waals surface area contributed by atoms with Crippen LogP contribution < -0.4 is 10.0 Å². The van der Waals surface area contributed by atoms with Crippen molar-refractivity contribution >= 4 is 37.6 Å². The van der Waals surface area contributed by atoms with Crippen molar-refractivity contribution < 1.29 is 35.9 Å². The van der Waals surface area contributed by atoms with E-state index < -0.39 is 38.5 Å². The number of nitrogens with zero attached hydrogens (tertiary/aromatic N) is 1. The van der Waals surface area contributed by atoms with Gasteiger partial charge in [-0.1, -0.05) is 12.1 Å². The van der Waals surface area contributed by atoms with E-state index in [0.717, 1.165) is 6.07 Å². The first-order chi connectivity index (χ1) is 15.6. The maximum atomic E-state index is 12.8. The molecule has 1 heterocycles. The summed E-state index contributed by atoms with van der Waals surface area (Å²) in [4.78, 5) is 24.3. The number of hydrogen-bond acceptors (Lipinski definition) is 8. The Balaban J connectivity index is 1.62. The second-order valence-electron chi connectivity index (χ2n) is 6.90. The van der Waals surface area contributed by atoms with Gasteiger partial charge in [0.05, 0.1) is 28.6 Å². The van der Waals surface area contributed by atoms with Crippen LogP contribution in [0.15, 0.2) is 58.3 Å². The SMILES string of the molecule is CNS(=O)(=O)c1cccc(C(=O)OCC(=O)Nc2cccc(S(=O)(=O)N3CCOCC3)c2)c1. The van der Waals surface area contributed by atoms with Crippen LogP contribution in [0.1, 0.15) is 10.4 Å². The summed E-state index contributed by atoms with van der Waals surface area (Å²) in [7, 11) is -6.24. The largest absolute Gasteiger partial charge is 0.452 e. The molecule has 0 aliphatic carbocycles. The van der Waals surface area contributed by atoms with Crippen molar-refractivity contribution in [2.45, 2.75) is 9.79 Å². The normalized spacial score (nSPS) is 15.1. The lowest BCUT2D eigenvalue weighted by molar-refractivity contribution is -0.119. The molecule has 2 aromatic carbocycles. The Morgan fingerprint density at radius 1 is 1.00 bits per heavy atom. The third-order valence-electron chi connectivity index (χ3n) is 4.71. The molecule has 178 valence electrons. The zero-order valence-corrected chi connectivity index (χ0v) is 19.3. The smallest absolute Gasteiger partial charge is 0.338 e. The fourth-order valence-corrected chi connectivity index (χ4v) is 5.22. The lowest BCUT2D eigenvalue weighted by Gasteiger charge is -2.26. The molecule has 13 heteroatoms. The van der Waals surface area contributed by atoms with Gasteiger partial charge in [-0.05, 0) is 43.4 Å². The average Bonchev–Trinajstić information content (AvgIpc) is 2.83. The van der Waals surface area contributed by atoms with E-state index in [1.807, 2.05) is 0 Å². The first-order valence-corrected chi connectivity index (χ1v) is 12.7. The van der Waals surface area contributed by atoms with E-state index in [0.29, 0.717) is 13.2 Å². The van der Waals surface area contributed by atoms with Crippen LogP contribution in [0, 0.1) is 0 Å². The molecule has 2 aromatic rings. The summed E-state index contributed by atoms with van der Waals surface area (Å²) in [5.74, 6) is -1.58. The standard InChI is InChI=1S/C20H23N3O8S2/c1-21-32(26,27)17-6-2-4-15(12-17)20(25)31-14-19(24)22-16-5-3-7-18(13-16)33(28,29)23-8-10-30-11-9-23/h2-7,12-13,21H,8-11,14H2,1H3,(H,22,24). The van der Waals surface area contributed by atoms with Crippen LogP contribution in [0.4, 0.5) is 5.69 Å². The van der Waals surface area contributed by atoms with Gasteiger partial charge in [0.15, 0.2) is 6.61 Å². The second kappa shape index (κ2) is 10.4. The molecule has 11 nitrogen and oxygen atoms in total. The molecule has 0 unspecified atom stereocenters. The van der Waals surface area contributed by atoms with Crippen LogP contribution in [0.2, 0.25) is 0 Å². The van der Waals surface area contributed by atoms with Crippen LogP contribution in [0.25, 0.3) is 0 Å². The molecule has 0 aromatic heterocycles. The highest BCUT2D eigenvalue weighted by Gasteiger charge is 2.26. The fraction of sp³-hybridized carbons (Fsp3) is 0.300. The number of morpholine rings is 1. The van der Waals surface area contributed by atoms with Crippen molar-refractivity contribution in [1.82, 2.24) is 9.03 Å². The molecular weight excluding hydrogens is 474 g/mol. The first-order valence-electron chi connectivity index (χ1n) is 9.82. The molecular formula is C20H23N3O8S2. The average molecular weight is 498 g/mol. The molecule has 1 amide bonds. The number of rotatable bonds is 8. The maximum Gasteiger partial charge on any atom is 0.338 e. The molecule has 1 fully saturated rings. The number of sulfonamides is 2. The molecule has 1 aliphatic rings. The van der Waals surface area contributed by atoms with Gasteiger partial charge >= 0.3 is 5.97 Å². The lowest BCUT2D eigenvalue weighted by atomic mass is 10.2. The van der Waals surface area contributed by atoms with Gasteiger partial charge in [-0.25, -0.2) is 26.4 Å². The van der Waals surface area contributed by atoms with E-state index in [4.69, 9.17) is 9.47 Å². The molecule has 0 bridgehead atoms. The number of hydrogen-bond donors (Lipinski definition) is 2. The van der Waals surface area contributed by atoms with Gasteiger partial charge in [-0.2, -0.15) is 4.31 Å². The van der Waals surface area contributed by atoms with Crippen LogP contribution in [-0.2, 0) is 34.3 Å². The van der Waals surface area contributed by atoms with Crippen LogP contribution in [0.3, 0.4) is 0 Å². The Labute approximate surface area is 191 Å². The van der Waals surface area contributed by atoms with Gasteiger partial charge in [0.25, 0.3) is 5.91 Å². The van der Waals surface area contributed by atoms with Gasteiger partial charge < -0.3 is 14.8 Å². The molecule has 1 aliphatic heterocycles. The number of carbonyl (C=O) groups excluding carboxylic acids is 2. The Hall–Kier alpha value is -2.84. The molecule has 0 radical (unpaired) electrons. The zero-order chi connectivity index (χ0) is 24.1. The van der Waals surface area contributed by atoms with Crippen LogP contribution in [-0.4, -0.2) is 73.0 Å². The minimum atomic E-state index is -3.75. The van der Waals surface area contributed by atoms with Crippen LogP contribution in [0.5, 0.6) is 0 Å². The van der Waals surface area contributed by atoms with Crippen LogP contribution >= 0.6 is 0 Å². The van der Waals surface area contributed by atoms with Gasteiger partial charge in [-0.15, -0.1) is 0 Å². The van der Waals surface area contributed by atoms with E-state index in [-0.39, 0.29) is 34.1 Å². The topological polar surface area (TPSA) is 148 Å². The predicted molar refractivity (Wildman–Crippen MR) is 118 cm³/mol. The van der Waals surface area contributed by atoms with Gasteiger partial charge in [-0.3, -0.25) is 4.79 Å². The number of carbonyl (C=O) groups is 2. The molecule has 33 heavy (non-hydrogen) atoms. The number of amides is 1. The summed E-state index contributed by atoms with van der Waals surface area (Å²) in [6.45, 7) is 0.454. The Kier molecular flexibility index (Phi) is 7.81. The van der Waals surface area contributed by atoms with Crippen molar-refractivity contribution in [2.75, 3.05) is 45.3 Å². The monoisotopic (exact) mass is 497 g/mol. The Morgan fingerprint density at radius 2 is 1.67 bits per heavy atom. The minimum Gasteiger partial charge on any atom is -0.452 e. The highest BCUT2D eigenvalue weighted by molar-refractivity contribution is 7.89. The first kappa shape index (κ1) is 24.8. The van der Waals surface area contributed by atoms with Crippen molar-refractivity contribution in [3.8, 4) is 0 Å². The molecule has 1 saturated heterocycles. The van der Waals surface area contributed by atoms with E-state index in [9.17, 15) is 26.4 Å². The summed E-state index contributed by atoms with van der Waals surface area (Å²) >= 11 is 0. The second-order valence-corrected chi connectivity index (χ2v) is 10.7. The van der Waals surface area contributed by atoms with E-state index >= 15 is 0 Å². The number of benzene rings is 2. The number of nitrogens with one attached hydrogen (secondary N) is 2. The molecule has 0 spiro atoms. The Bertz CT molecular complexity index is 1240. The fourth-order valence-electron chi connectivity index (χ4n) is 2.99. The van der Waals surface area contributed by atoms with Gasteiger partial charge in [0.2, 0.25) is 20.0 Å². The summed E-state index contributed by atoms with van der Waals surface area (Å²) in [5, 5.41) is 2.48. The van der Waals surface area contributed by atoms with E-state index in [1.165, 1.54) is 53.8 Å². The summed E-state index contributed by atoms with van der Waals surface area (Å²) in [5.41, 5.74) is 0.172. The Morgan fingerprint density at radius 3 is 2.36 bits per heavy atom. The third kappa shape index (κ3) is 6.15. The van der Waals surface area contributed by atoms with Crippen molar-refractivity contribution in [3.63, 3.8) is 0 Å². The molecule has 0 atom stereocenters. The minimum absolute atomic E-state index is 0.0155. The lowest BCUT2D eigenvalue weighted by Crippen LogP contribution is -2.40. The number of anilines is 1. The molecule has 2 N–H and O–H groups in total. The summed E-state index contributed by atoms with van der Waals surface area (Å²) in [6.07, 6.45) is 0. The third-order valence-corrected chi connectivity index (χ3v) is 8.02. The highest BCUT2D eigenvalue weighted by atomic mass is 32.2. The van der Waals surface area contributed by atoms with Gasteiger partial charge in [0, 0.05) is 18.8 Å². The zero-order valence-electron chi connectivity index (χ0n) is 17.7. The summed E-state index contributed by atoms with van der Waals surface area (Å²) < 4.78 is 62.8. The van der Waals surface area contributed by atoms with Gasteiger partial charge in [0.1, 0.15) is 0 Å². The molecule has 3 rings (SSSR count). The highest BCUT2D eigenvalue weighted by Crippen LogP contribution is 2.20. The number of ether oxygens (including phenoxy) is 2. The van der Waals surface area contributed by atoms with Crippen molar-refractivity contribution in [1.29, 1.82) is 0 Å². The van der Waals surface area contributed by atoms with Crippen molar-refractivity contribution in [3.05, 3.63) is 54.1 Å².